The van der Waals surface area contributed by atoms with Crippen molar-refractivity contribution in [2.75, 3.05) is 6.67 Å². The Bertz CT molecular complexity index is 197. The summed E-state index contributed by atoms with van der Waals surface area (Å²) in [5.41, 5.74) is 0.248. The number of rotatable bonds is 3. The van der Waals surface area contributed by atoms with Crippen molar-refractivity contribution in [2.24, 2.45) is 0 Å². The number of aryl methyl sites for hydroxylation is 1. The van der Waals surface area contributed by atoms with Crippen molar-refractivity contribution in [1.82, 2.24) is 9.55 Å². The number of aromatic nitrogens is 2. The average molecular weight is 144 g/mol. The van der Waals surface area contributed by atoms with Crippen LogP contribution in [0.25, 0.3) is 0 Å². The van der Waals surface area contributed by atoms with E-state index < -0.39 is 13.3 Å². The number of alkyl halides is 2. The monoisotopic (exact) mass is 144 g/mol. The first-order valence-corrected chi connectivity index (χ1v) is 2.85. The molecule has 0 atom stereocenters. The third-order valence-corrected chi connectivity index (χ3v) is 1.12. The largest absolute Gasteiger partial charge is 0.320 e. The van der Waals surface area contributed by atoms with E-state index in [1.165, 1.54) is 4.57 Å². The molecular formula is C6H6F2N2. The standard InChI is InChI=1S/C6H6F2N2/c7-1-2-10-5-9-4-6(10)3-8/h1-3H2. The number of halogens is 2. The number of hydrogen-bond acceptors (Lipinski definition) is 1. The van der Waals surface area contributed by atoms with E-state index in [9.17, 15) is 8.78 Å². The normalized spacial score (nSPS) is 10.2. The molecule has 0 unspecified atom stereocenters. The van der Waals surface area contributed by atoms with Crippen LogP contribution in [0.1, 0.15) is 5.69 Å². The fourth-order valence-electron chi connectivity index (χ4n) is 0.642. The molecule has 4 heteroatoms. The van der Waals surface area contributed by atoms with Gasteiger partial charge in [-0.25, -0.2) is 13.8 Å². The van der Waals surface area contributed by atoms with Crippen LogP contribution in [-0.4, -0.2) is 16.2 Å². The van der Waals surface area contributed by atoms with Crippen LogP contribution >= 0.6 is 0 Å². The Morgan fingerprint density at radius 3 is 2.90 bits per heavy atom. The Balaban J connectivity index is 2.70. The van der Waals surface area contributed by atoms with E-state index in [-0.39, 0.29) is 12.2 Å². The second kappa shape index (κ2) is 3.29. The smallest absolute Gasteiger partial charge is 0.177 e. The highest BCUT2D eigenvalue weighted by Gasteiger charge is 2.00. The zero-order valence-electron chi connectivity index (χ0n) is 5.27. The average Bonchev–Trinajstić information content (AvgIpc) is 2.36. The summed E-state index contributed by atoms with van der Waals surface area (Å²) in [6.07, 6.45) is 4.74. The fraction of sp³-hybridized carbons (Fsp3) is 0.500. The molecule has 0 bridgehead atoms. The Morgan fingerprint density at radius 2 is 2.30 bits per heavy atom. The van der Waals surface area contributed by atoms with Gasteiger partial charge in [-0.2, -0.15) is 0 Å². The van der Waals surface area contributed by atoms with E-state index in [1.807, 2.05) is 0 Å². The van der Waals surface area contributed by atoms with Gasteiger partial charge in [0.1, 0.15) is 19.5 Å². The summed E-state index contributed by atoms with van der Waals surface area (Å²) in [5, 5.41) is 0. The summed E-state index contributed by atoms with van der Waals surface area (Å²) in [4.78, 5) is 3.42. The summed E-state index contributed by atoms with van der Waals surface area (Å²) < 4.78 is 24.9. The van der Waals surface area contributed by atoms with Gasteiger partial charge in [-0.15, -0.1) is 0 Å². The van der Waals surface area contributed by atoms with E-state index in [2.05, 4.69) is 17.5 Å². The SMILES string of the molecule is FCCn1[c]n[c]c1CF. The lowest BCUT2D eigenvalue weighted by Crippen LogP contribution is -2.01. The van der Waals surface area contributed by atoms with Crippen LogP contribution in [0, 0.1) is 12.5 Å². The van der Waals surface area contributed by atoms with Crippen LogP contribution < -0.4 is 0 Å². The minimum absolute atomic E-state index is 0.107. The molecule has 54 valence electrons. The zero-order chi connectivity index (χ0) is 7.40. The molecule has 0 amide bonds. The maximum atomic E-state index is 11.9. The lowest BCUT2D eigenvalue weighted by molar-refractivity contribution is 0.413. The molecule has 0 aliphatic rings. The van der Waals surface area contributed by atoms with Crippen LogP contribution in [0.3, 0.4) is 0 Å². The van der Waals surface area contributed by atoms with Crippen LogP contribution in [0.2, 0.25) is 0 Å². The van der Waals surface area contributed by atoms with Gasteiger partial charge in [-0.05, 0) is 0 Å². The Labute approximate surface area is 57.5 Å². The minimum Gasteiger partial charge on any atom is -0.320 e. The van der Waals surface area contributed by atoms with Gasteiger partial charge in [0.15, 0.2) is 6.33 Å². The molecule has 1 aromatic heterocycles. The van der Waals surface area contributed by atoms with Gasteiger partial charge in [-0.1, -0.05) is 0 Å². The van der Waals surface area contributed by atoms with Crippen molar-refractivity contribution < 1.29 is 8.78 Å². The van der Waals surface area contributed by atoms with Gasteiger partial charge in [0, 0.05) is 0 Å². The Morgan fingerprint density at radius 1 is 1.50 bits per heavy atom. The van der Waals surface area contributed by atoms with Crippen LogP contribution in [0.4, 0.5) is 8.78 Å². The molecule has 1 rings (SSSR count). The predicted molar refractivity (Wildman–Crippen MR) is 30.7 cm³/mol. The number of imidazole rings is 1. The first-order chi connectivity index (χ1) is 4.88. The molecular weight excluding hydrogens is 138 g/mol. The van der Waals surface area contributed by atoms with Gasteiger partial charge < -0.3 is 4.57 Å². The van der Waals surface area contributed by atoms with E-state index in [4.69, 9.17) is 0 Å². The van der Waals surface area contributed by atoms with Gasteiger partial charge >= 0.3 is 0 Å². The predicted octanol–water partition coefficient (Wildman–Crippen LogP) is 0.922. The molecule has 0 N–H and O–H groups in total. The lowest BCUT2D eigenvalue weighted by atomic mass is 10.5. The molecule has 2 radical (unpaired) electrons. The van der Waals surface area contributed by atoms with Crippen molar-refractivity contribution in [3.05, 3.63) is 18.2 Å². The molecule has 0 saturated heterocycles. The molecule has 0 saturated carbocycles. The quantitative estimate of drug-likeness (QED) is 0.616. The highest BCUT2D eigenvalue weighted by atomic mass is 19.1. The van der Waals surface area contributed by atoms with Crippen LogP contribution in [-0.2, 0) is 13.2 Å². The molecule has 2 nitrogen and oxygen atoms in total. The van der Waals surface area contributed by atoms with Crippen molar-refractivity contribution >= 4 is 0 Å². The van der Waals surface area contributed by atoms with E-state index in [0.29, 0.717) is 0 Å². The zero-order valence-corrected chi connectivity index (χ0v) is 5.27. The summed E-state index contributed by atoms with van der Waals surface area (Å²) in [5.74, 6) is 0. The highest BCUT2D eigenvalue weighted by molar-refractivity contribution is 4.92. The third kappa shape index (κ3) is 1.32. The topological polar surface area (TPSA) is 17.8 Å². The van der Waals surface area contributed by atoms with Crippen molar-refractivity contribution in [1.29, 1.82) is 0 Å². The van der Waals surface area contributed by atoms with Crippen LogP contribution in [0.15, 0.2) is 0 Å². The van der Waals surface area contributed by atoms with Crippen LogP contribution in [0.5, 0.6) is 0 Å². The summed E-state index contributed by atoms with van der Waals surface area (Å²) in [7, 11) is 0. The Kier molecular flexibility index (Phi) is 2.36. The summed E-state index contributed by atoms with van der Waals surface area (Å²) >= 11 is 0. The molecule has 0 aromatic carbocycles. The molecule has 0 aliphatic heterocycles. The third-order valence-electron chi connectivity index (χ3n) is 1.12. The number of hydrogen-bond donors (Lipinski definition) is 0. The minimum atomic E-state index is -0.670. The van der Waals surface area contributed by atoms with Gasteiger partial charge in [-0.3, -0.25) is 0 Å². The molecule has 0 spiro atoms. The van der Waals surface area contributed by atoms with Gasteiger partial charge in [0.05, 0.1) is 12.2 Å². The van der Waals surface area contributed by atoms with E-state index in [0.717, 1.165) is 0 Å². The maximum absolute atomic E-state index is 11.9. The maximum Gasteiger partial charge on any atom is 0.177 e. The van der Waals surface area contributed by atoms with Crippen molar-refractivity contribution in [2.45, 2.75) is 13.2 Å². The Hall–Kier alpha value is -0.930. The second-order valence-electron chi connectivity index (χ2n) is 1.74. The molecule has 1 aromatic rings. The first kappa shape index (κ1) is 7.18. The van der Waals surface area contributed by atoms with E-state index in [1.54, 1.807) is 0 Å². The molecule has 1 heterocycles. The molecule has 0 fully saturated rings. The molecule has 10 heavy (non-hydrogen) atoms. The van der Waals surface area contributed by atoms with Gasteiger partial charge in [0.2, 0.25) is 0 Å². The highest BCUT2D eigenvalue weighted by Crippen LogP contribution is 1.98. The van der Waals surface area contributed by atoms with E-state index >= 15 is 0 Å². The van der Waals surface area contributed by atoms with Crippen molar-refractivity contribution in [3.63, 3.8) is 0 Å². The first-order valence-electron chi connectivity index (χ1n) is 2.85. The second-order valence-corrected chi connectivity index (χ2v) is 1.74. The number of nitrogens with zero attached hydrogens (tertiary/aromatic N) is 2. The summed E-state index contributed by atoms with van der Waals surface area (Å²) in [6, 6.07) is 0. The van der Waals surface area contributed by atoms with Gasteiger partial charge in [0.25, 0.3) is 0 Å². The van der Waals surface area contributed by atoms with Crippen molar-refractivity contribution in [3.8, 4) is 0 Å². The fourth-order valence-corrected chi connectivity index (χ4v) is 0.642. The molecule has 0 aliphatic carbocycles. The lowest BCUT2D eigenvalue weighted by Gasteiger charge is -1.98. The summed E-state index contributed by atoms with van der Waals surface area (Å²) in [6.45, 7) is -1.10.